The molecule has 0 N–H and O–H groups in total. The van der Waals surface area contributed by atoms with Gasteiger partial charge in [-0.05, 0) is 25.2 Å². The number of esters is 1. The van der Waals surface area contributed by atoms with Crippen LogP contribution < -0.4 is 0 Å². The molecule has 4 heteroatoms. The second-order valence-electron chi connectivity index (χ2n) is 6.47. The third-order valence-electron chi connectivity index (χ3n) is 4.34. The van der Waals surface area contributed by atoms with Gasteiger partial charge in [0, 0.05) is 12.8 Å². The molecule has 0 bridgehead atoms. The predicted molar refractivity (Wildman–Crippen MR) is 74.8 cm³/mol. The third kappa shape index (κ3) is 2.34. The van der Waals surface area contributed by atoms with Crippen LogP contribution >= 0.6 is 0 Å². The largest absolute Gasteiger partial charge is 0.465 e. The second-order valence-corrected chi connectivity index (χ2v) is 6.47. The summed E-state index contributed by atoms with van der Waals surface area (Å²) in [6.45, 7) is 7.48. The number of hydrogen-bond donors (Lipinski definition) is 0. The molecule has 0 aromatic heterocycles. The van der Waals surface area contributed by atoms with Crippen molar-refractivity contribution in [1.29, 1.82) is 0 Å². The van der Waals surface area contributed by atoms with Gasteiger partial charge in [-0.2, -0.15) is 0 Å². The number of terminal acetylenes is 1. The normalized spacial score (nSPS) is 30.3. The molecular weight excluding hydrogens is 256 g/mol. The van der Waals surface area contributed by atoms with Gasteiger partial charge in [-0.3, -0.25) is 4.79 Å². The Morgan fingerprint density at radius 2 is 1.95 bits per heavy atom. The van der Waals surface area contributed by atoms with Gasteiger partial charge >= 0.3 is 5.97 Å². The van der Waals surface area contributed by atoms with Gasteiger partial charge in [-0.15, -0.1) is 12.3 Å². The van der Waals surface area contributed by atoms with Gasteiger partial charge in [0.2, 0.25) is 0 Å². The average Bonchev–Trinajstić information content (AvgIpc) is 2.91. The Bertz CT molecular complexity index is 415. The lowest BCUT2D eigenvalue weighted by Gasteiger charge is -2.39. The van der Waals surface area contributed by atoms with Crippen LogP contribution in [-0.2, 0) is 19.0 Å². The molecule has 1 aliphatic carbocycles. The summed E-state index contributed by atoms with van der Waals surface area (Å²) in [5.74, 6) is 1.54. The van der Waals surface area contributed by atoms with Crippen molar-refractivity contribution in [3.63, 3.8) is 0 Å². The molecule has 0 aromatic carbocycles. The summed E-state index contributed by atoms with van der Waals surface area (Å²) >= 11 is 0. The molecule has 1 saturated carbocycles. The summed E-state index contributed by atoms with van der Waals surface area (Å²) in [4.78, 5) is 12.7. The summed E-state index contributed by atoms with van der Waals surface area (Å²) in [6, 6.07) is 0. The molecule has 0 aromatic rings. The maximum atomic E-state index is 12.7. The van der Waals surface area contributed by atoms with E-state index >= 15 is 0 Å². The third-order valence-corrected chi connectivity index (χ3v) is 4.34. The monoisotopic (exact) mass is 280 g/mol. The first-order valence-corrected chi connectivity index (χ1v) is 7.30. The van der Waals surface area contributed by atoms with Gasteiger partial charge in [-0.1, -0.05) is 13.8 Å². The molecule has 1 atom stereocenters. The summed E-state index contributed by atoms with van der Waals surface area (Å²) in [5.41, 5.74) is -0.818. The quantitative estimate of drug-likeness (QED) is 0.586. The van der Waals surface area contributed by atoms with Crippen LogP contribution in [0.4, 0.5) is 0 Å². The maximum absolute atomic E-state index is 12.7. The Morgan fingerprint density at radius 1 is 1.30 bits per heavy atom. The van der Waals surface area contributed by atoms with Crippen LogP contribution in [0.2, 0.25) is 0 Å². The minimum Gasteiger partial charge on any atom is -0.465 e. The van der Waals surface area contributed by atoms with Crippen LogP contribution in [0.25, 0.3) is 0 Å². The summed E-state index contributed by atoms with van der Waals surface area (Å²) in [6.07, 6.45) is 7.85. The van der Waals surface area contributed by atoms with Crippen molar-refractivity contribution in [3.05, 3.63) is 0 Å². The molecule has 2 rings (SSSR count). The zero-order valence-corrected chi connectivity index (χ0v) is 12.7. The van der Waals surface area contributed by atoms with Crippen LogP contribution in [-0.4, -0.2) is 31.6 Å². The molecule has 1 heterocycles. The summed E-state index contributed by atoms with van der Waals surface area (Å²) < 4.78 is 17.2. The molecule has 112 valence electrons. The Labute approximate surface area is 121 Å². The van der Waals surface area contributed by atoms with Crippen molar-refractivity contribution in [2.24, 2.45) is 10.8 Å². The summed E-state index contributed by atoms with van der Waals surface area (Å²) in [7, 11) is 0. The number of ether oxygens (including phenoxy) is 3. The van der Waals surface area contributed by atoms with E-state index in [1.807, 2.05) is 6.92 Å². The maximum Gasteiger partial charge on any atom is 0.317 e. The topological polar surface area (TPSA) is 44.8 Å². The van der Waals surface area contributed by atoms with Gasteiger partial charge in [-0.25, -0.2) is 0 Å². The lowest BCUT2D eigenvalue weighted by Crippen LogP contribution is -2.51. The molecule has 1 spiro atoms. The predicted octanol–water partition coefficient (Wildman–Crippen LogP) is 2.51. The lowest BCUT2D eigenvalue weighted by atomic mass is 9.75. The molecule has 0 amide bonds. The standard InChI is InChI=1S/C16H24O4/c1-5-7-8-15(13(17)18-6-2)11-14(3,4)12-16(15)19-9-10-20-16/h1H,6-12H2,2-4H3. The smallest absolute Gasteiger partial charge is 0.317 e. The Hall–Kier alpha value is -1.05. The van der Waals surface area contributed by atoms with Crippen molar-refractivity contribution >= 4 is 5.97 Å². The van der Waals surface area contributed by atoms with E-state index in [0.29, 0.717) is 45.5 Å². The molecular formula is C16H24O4. The fraction of sp³-hybridized carbons (Fsp3) is 0.812. The van der Waals surface area contributed by atoms with Crippen LogP contribution in [0.3, 0.4) is 0 Å². The molecule has 2 fully saturated rings. The van der Waals surface area contributed by atoms with Gasteiger partial charge in [0.15, 0.2) is 5.79 Å². The number of hydrogen-bond acceptors (Lipinski definition) is 4. The van der Waals surface area contributed by atoms with E-state index < -0.39 is 11.2 Å². The minimum absolute atomic E-state index is 0.0360. The van der Waals surface area contributed by atoms with E-state index in [0.717, 1.165) is 0 Å². The Morgan fingerprint density at radius 3 is 2.50 bits per heavy atom. The van der Waals surface area contributed by atoms with E-state index in [2.05, 4.69) is 19.8 Å². The fourth-order valence-electron chi connectivity index (χ4n) is 3.81. The molecule has 1 aliphatic heterocycles. The highest BCUT2D eigenvalue weighted by atomic mass is 16.7. The first-order valence-electron chi connectivity index (χ1n) is 7.30. The number of carbonyl (C=O) groups is 1. The van der Waals surface area contributed by atoms with Crippen LogP contribution in [0.15, 0.2) is 0 Å². The van der Waals surface area contributed by atoms with Gasteiger partial charge < -0.3 is 14.2 Å². The van der Waals surface area contributed by atoms with Crippen molar-refractivity contribution in [3.8, 4) is 12.3 Å². The van der Waals surface area contributed by atoms with Crippen molar-refractivity contribution in [2.45, 2.75) is 52.2 Å². The molecule has 1 unspecified atom stereocenters. The highest BCUT2D eigenvalue weighted by Crippen LogP contribution is 2.61. The van der Waals surface area contributed by atoms with E-state index in [9.17, 15) is 4.79 Å². The van der Waals surface area contributed by atoms with Gasteiger partial charge in [0.05, 0.1) is 19.8 Å². The molecule has 1 saturated heterocycles. The van der Waals surface area contributed by atoms with E-state index in [-0.39, 0.29) is 11.4 Å². The first-order chi connectivity index (χ1) is 9.41. The lowest BCUT2D eigenvalue weighted by molar-refractivity contribution is -0.233. The zero-order chi connectivity index (χ0) is 14.9. The minimum atomic E-state index is -0.862. The Balaban J connectivity index is 2.41. The SMILES string of the molecule is C#CCCC1(C(=O)OCC)CC(C)(C)CC12OCCO2. The summed E-state index contributed by atoms with van der Waals surface area (Å²) in [5, 5.41) is 0. The van der Waals surface area contributed by atoms with Crippen LogP contribution in [0.1, 0.15) is 46.5 Å². The molecule has 4 nitrogen and oxygen atoms in total. The van der Waals surface area contributed by atoms with Crippen LogP contribution in [0, 0.1) is 23.2 Å². The average molecular weight is 280 g/mol. The zero-order valence-electron chi connectivity index (χ0n) is 12.7. The number of rotatable bonds is 4. The van der Waals surface area contributed by atoms with Gasteiger partial charge in [0.25, 0.3) is 0 Å². The van der Waals surface area contributed by atoms with Crippen molar-refractivity contribution in [1.82, 2.24) is 0 Å². The van der Waals surface area contributed by atoms with E-state index in [1.54, 1.807) is 0 Å². The molecule has 20 heavy (non-hydrogen) atoms. The number of carbonyl (C=O) groups excluding carboxylic acids is 1. The van der Waals surface area contributed by atoms with Gasteiger partial charge in [0.1, 0.15) is 5.41 Å². The second kappa shape index (κ2) is 5.38. The molecule has 0 radical (unpaired) electrons. The highest BCUT2D eigenvalue weighted by Gasteiger charge is 2.68. The van der Waals surface area contributed by atoms with Crippen molar-refractivity contribution < 1.29 is 19.0 Å². The first kappa shape index (κ1) is 15.3. The Kier molecular flexibility index (Phi) is 4.13. The highest BCUT2D eigenvalue weighted by molar-refractivity contribution is 5.79. The van der Waals surface area contributed by atoms with E-state index in [1.165, 1.54) is 0 Å². The molecule has 2 aliphatic rings. The van der Waals surface area contributed by atoms with E-state index in [4.69, 9.17) is 20.6 Å². The fourth-order valence-corrected chi connectivity index (χ4v) is 3.81. The van der Waals surface area contributed by atoms with Crippen molar-refractivity contribution in [2.75, 3.05) is 19.8 Å². The van der Waals surface area contributed by atoms with Crippen LogP contribution in [0.5, 0.6) is 0 Å².